The number of carbonyl (C=O) groups is 15. The normalized spacial score (nSPS) is 16.0. The van der Waals surface area contributed by atoms with Crippen LogP contribution in [-0.4, -0.2) is 281 Å². The van der Waals surface area contributed by atoms with Gasteiger partial charge in [-0.15, -0.1) is 0 Å². The summed E-state index contributed by atoms with van der Waals surface area (Å²) in [4.78, 5) is 218. The van der Waals surface area contributed by atoms with Crippen molar-refractivity contribution in [3.05, 3.63) is 95.6 Å². The average Bonchev–Trinajstić information content (AvgIpc) is 1.19. The van der Waals surface area contributed by atoms with Crippen molar-refractivity contribution in [1.82, 2.24) is 71.1 Å². The largest absolute Gasteiger partial charge is 0.480 e. The highest BCUT2D eigenvalue weighted by Crippen LogP contribution is 2.44. The molecule has 0 bridgehead atoms. The molecule has 2 aliphatic rings. The molecule has 0 saturated carbocycles. The third-order valence-corrected chi connectivity index (χ3v) is 21.2. The van der Waals surface area contributed by atoms with Gasteiger partial charge in [0.2, 0.25) is 76.8 Å². The Morgan fingerprint density at radius 1 is 0.451 bits per heavy atom. The Labute approximate surface area is 665 Å². The highest BCUT2D eigenvalue weighted by molar-refractivity contribution is 5.99. The van der Waals surface area contributed by atoms with Gasteiger partial charge in [0.1, 0.15) is 79.1 Å². The van der Waals surface area contributed by atoms with Crippen LogP contribution in [0.5, 0.6) is 0 Å². The number of rotatable bonds is 39. The highest BCUT2D eigenvalue weighted by atomic mass is 16.6. The molecular formula is C82H122N14O17. The van der Waals surface area contributed by atoms with Crippen LogP contribution in [0.2, 0.25) is 0 Å². The molecule has 1 heterocycles. The number of carbonyl (C=O) groups excluding carboxylic acids is 14. The molecule has 0 radical (unpaired) electrons. The zero-order chi connectivity index (χ0) is 84.9. The number of nitrogens with one attached hydrogen (secondary N) is 6. The number of nitrogens with zero attached hydrogens (tertiary/aromatic N) is 8. The lowest BCUT2D eigenvalue weighted by atomic mass is 9.98. The quantitative estimate of drug-likeness (QED) is 0.0424. The van der Waals surface area contributed by atoms with Gasteiger partial charge in [-0.2, -0.15) is 0 Å². The van der Waals surface area contributed by atoms with E-state index in [1.165, 1.54) is 106 Å². The Hall–Kier alpha value is -10.5. The van der Waals surface area contributed by atoms with Crippen molar-refractivity contribution in [3.8, 4) is 11.1 Å². The maximum Gasteiger partial charge on any atom is 0.410 e. The van der Waals surface area contributed by atoms with E-state index in [9.17, 15) is 77.0 Å². The number of hydrogen-bond acceptors (Lipinski definition) is 16. The first-order valence-corrected chi connectivity index (χ1v) is 38.9. The van der Waals surface area contributed by atoms with Gasteiger partial charge in [0.15, 0.2) is 0 Å². The lowest BCUT2D eigenvalue weighted by Gasteiger charge is -2.36. The summed E-state index contributed by atoms with van der Waals surface area (Å²) < 4.78 is 5.80. The van der Waals surface area contributed by atoms with Crippen molar-refractivity contribution in [2.45, 2.75) is 220 Å². The zero-order valence-electron chi connectivity index (χ0n) is 69.7. The molecule has 31 heteroatoms. The number of likely N-dealkylation sites (tertiary alicyclic amines) is 1. The van der Waals surface area contributed by atoms with E-state index >= 15 is 0 Å². The van der Waals surface area contributed by atoms with Crippen molar-refractivity contribution in [3.63, 3.8) is 0 Å². The summed E-state index contributed by atoms with van der Waals surface area (Å²) in [6, 6.07) is 10.6. The average molecular weight is 1580 g/mol. The molecule has 7 N–H and O–H groups in total. The molecule has 0 spiro atoms. The number of ether oxygens (including phenoxy) is 1. The monoisotopic (exact) mass is 1570 g/mol. The third-order valence-electron chi connectivity index (χ3n) is 21.2. The van der Waals surface area contributed by atoms with Gasteiger partial charge in [0.05, 0.1) is 13.1 Å². The number of carboxylic acid groups (broad SMARTS) is 1. The Balaban J connectivity index is 1.20. The van der Waals surface area contributed by atoms with Gasteiger partial charge < -0.3 is 76.0 Å². The van der Waals surface area contributed by atoms with Crippen molar-refractivity contribution in [1.29, 1.82) is 0 Å². The molecule has 622 valence electrons. The maximum absolute atomic E-state index is 14.9. The van der Waals surface area contributed by atoms with Gasteiger partial charge >= 0.3 is 12.1 Å². The minimum Gasteiger partial charge on any atom is -0.480 e. The molecule has 3 aromatic rings. The summed E-state index contributed by atoms with van der Waals surface area (Å²) in [5.41, 5.74) is 4.81. The summed E-state index contributed by atoms with van der Waals surface area (Å²) >= 11 is 0. The minimum absolute atomic E-state index is 0.0294. The van der Waals surface area contributed by atoms with E-state index in [2.05, 4.69) is 31.9 Å². The number of aliphatic carboxylic acids is 1. The topological polar surface area (TPSA) is 384 Å². The fourth-order valence-electron chi connectivity index (χ4n) is 13.7. The summed E-state index contributed by atoms with van der Waals surface area (Å²) in [5.74, 6) is -10.8. The van der Waals surface area contributed by atoms with Crippen molar-refractivity contribution >= 4 is 88.9 Å². The second-order valence-corrected chi connectivity index (χ2v) is 31.8. The predicted octanol–water partition coefficient (Wildman–Crippen LogP) is 3.99. The standard InChI is InChI=1S/C82H122N14O17/c1-46(2)38-62(87-74(103)55(14)93(19)82(112)113-45-61-59-34-27-25-32-57(59)58-33-26-28-35-60(58)61)76(105)89(15)44-69(98)90(16)53(12)73(102)88-64(40-48(5)6)78(107)95(21)67(42-56-30-23-22-24-31-56)80(109)91(17)52(11)71(100)83-43-68(97)86-63(39-47(3)4)77(106)94(20)66(41-49(7)8)79(108)92(18)54(13)72(101)84-50(9)70(99)85-51(10)75(104)96-37-29-36-65(96)81(110)111/h22-28,30-35,46-55,61-67H,29,36-45H2,1-21H3,(H,83,100)(H,84,101)(H,85,99)(H,86,97)(H,87,103)(H,88,102)(H,110,111)/t50-,51-,52-,53-,54-,55-,62-,63-,64-,65-,66-,67-/m0/s1. The second-order valence-electron chi connectivity index (χ2n) is 31.8. The van der Waals surface area contributed by atoms with E-state index in [1.54, 1.807) is 30.3 Å². The number of amides is 14. The molecule has 1 fully saturated rings. The van der Waals surface area contributed by atoms with E-state index in [1.807, 2.05) is 104 Å². The molecule has 5 rings (SSSR count). The molecule has 31 nitrogen and oxygen atoms in total. The number of benzene rings is 3. The first-order chi connectivity index (χ1) is 52.9. The Morgan fingerprint density at radius 3 is 1.38 bits per heavy atom. The summed E-state index contributed by atoms with van der Waals surface area (Å²) in [5, 5.41) is 25.5. The molecule has 12 atom stereocenters. The molecule has 1 saturated heterocycles. The van der Waals surface area contributed by atoms with E-state index in [0.29, 0.717) is 12.0 Å². The summed E-state index contributed by atoms with van der Waals surface area (Å²) in [6.45, 7) is 22.4. The first kappa shape index (κ1) is 93.1. The predicted molar refractivity (Wildman–Crippen MR) is 424 cm³/mol. The summed E-state index contributed by atoms with van der Waals surface area (Å²) in [6.07, 6.45) is 0.495. The fraction of sp³-hybridized carbons (Fsp3) is 0.598. The second kappa shape index (κ2) is 42.4. The van der Waals surface area contributed by atoms with Gasteiger partial charge in [-0.25, -0.2) is 9.59 Å². The lowest BCUT2D eigenvalue weighted by Crippen LogP contribution is -2.59. The van der Waals surface area contributed by atoms with E-state index in [0.717, 1.165) is 46.8 Å². The maximum atomic E-state index is 14.9. The molecule has 113 heavy (non-hydrogen) atoms. The zero-order valence-corrected chi connectivity index (χ0v) is 69.7. The fourth-order valence-corrected chi connectivity index (χ4v) is 13.7. The molecule has 0 aromatic heterocycles. The van der Waals surface area contributed by atoms with E-state index in [-0.39, 0.29) is 81.3 Å². The number of carboxylic acids is 1. The number of fused-ring (bicyclic) bond motifs is 3. The van der Waals surface area contributed by atoms with Crippen LogP contribution in [0.4, 0.5) is 4.79 Å². The van der Waals surface area contributed by atoms with Gasteiger partial charge in [0, 0.05) is 68.2 Å². The van der Waals surface area contributed by atoms with Crippen LogP contribution in [-0.2, 0) is 78.3 Å². The van der Waals surface area contributed by atoms with Crippen LogP contribution in [0.1, 0.15) is 158 Å². The summed E-state index contributed by atoms with van der Waals surface area (Å²) in [7, 11) is 9.75. The SMILES string of the molecule is CC(C)C[C@H](NC(=O)[C@H](C)N(C)C(=O)OCC1c2ccccc2-c2ccccc21)C(=O)N(C)CC(=O)N(C)[C@@H](C)C(=O)N[C@@H](CC(C)C)C(=O)N(C)[C@@H](Cc1ccccc1)C(=O)N(C)[C@@H](C)C(=O)NCC(=O)N[C@@H](CC(C)C)C(=O)N(C)[C@@H](CC(C)C)C(=O)N(C)[C@@H](C)C(=O)N[C@@H](C)C(=O)N[C@@H](C)C(=O)N1CCC[C@H]1C(=O)O. The van der Waals surface area contributed by atoms with Crippen molar-refractivity contribution < 1.29 is 81.8 Å². The van der Waals surface area contributed by atoms with Crippen LogP contribution in [0.25, 0.3) is 11.1 Å². The van der Waals surface area contributed by atoms with Crippen LogP contribution in [0.3, 0.4) is 0 Å². The molecular weight excluding hydrogens is 1450 g/mol. The highest BCUT2D eigenvalue weighted by Gasteiger charge is 2.42. The van der Waals surface area contributed by atoms with Gasteiger partial charge in [-0.3, -0.25) is 67.2 Å². The van der Waals surface area contributed by atoms with Gasteiger partial charge in [-0.05, 0) is 132 Å². The van der Waals surface area contributed by atoms with E-state index < -0.39 is 174 Å². The van der Waals surface area contributed by atoms with Crippen LogP contribution >= 0.6 is 0 Å². The Morgan fingerprint density at radius 2 is 0.876 bits per heavy atom. The number of likely N-dealkylation sites (N-methyl/N-ethyl adjacent to an activating group) is 7. The van der Waals surface area contributed by atoms with Crippen LogP contribution < -0.4 is 31.9 Å². The lowest BCUT2D eigenvalue weighted by molar-refractivity contribution is -0.149. The van der Waals surface area contributed by atoms with Gasteiger partial charge in [-0.1, -0.05) is 134 Å². The minimum atomic E-state index is -1.27. The van der Waals surface area contributed by atoms with Gasteiger partial charge in [0.25, 0.3) is 0 Å². The molecule has 14 amide bonds. The Kier molecular flexibility index (Phi) is 34.9. The molecule has 1 aliphatic carbocycles. The van der Waals surface area contributed by atoms with E-state index in [4.69, 9.17) is 4.74 Å². The van der Waals surface area contributed by atoms with Crippen LogP contribution in [0.15, 0.2) is 78.9 Å². The molecule has 3 aromatic carbocycles. The number of hydrogen-bond donors (Lipinski definition) is 7. The smallest absolute Gasteiger partial charge is 0.410 e. The first-order valence-electron chi connectivity index (χ1n) is 38.9. The van der Waals surface area contributed by atoms with Crippen molar-refractivity contribution in [2.24, 2.45) is 23.7 Å². The molecule has 1 aliphatic heterocycles. The van der Waals surface area contributed by atoms with Crippen LogP contribution in [0, 0.1) is 23.7 Å². The third kappa shape index (κ3) is 25.3. The molecule has 0 unspecified atom stereocenters. The Bertz CT molecular complexity index is 3850. The van der Waals surface area contributed by atoms with Crippen molar-refractivity contribution in [2.75, 3.05) is 75.6 Å².